The number of carbonyl (C=O) groups excluding carboxylic acids is 1. The van der Waals surface area contributed by atoms with Gasteiger partial charge in [0.2, 0.25) is 0 Å². The van der Waals surface area contributed by atoms with E-state index in [0.29, 0.717) is 0 Å². The lowest BCUT2D eigenvalue weighted by Crippen LogP contribution is -2.31. The van der Waals surface area contributed by atoms with E-state index in [1.54, 1.807) is 13.8 Å². The summed E-state index contributed by atoms with van der Waals surface area (Å²) in [6, 6.07) is 0. The molecule has 0 unspecified atom stereocenters. The van der Waals surface area contributed by atoms with Crippen LogP contribution in [0.3, 0.4) is 0 Å². The molecule has 62 valence electrons. The molecule has 1 aliphatic heterocycles. The Morgan fingerprint density at radius 2 is 2.27 bits per heavy atom. The average molecular weight is 158 g/mol. The fraction of sp³-hybridized carbons (Fsp3) is 0.714. The molecular formula is C7H10O4. The highest BCUT2D eigenvalue weighted by Gasteiger charge is 2.48. The van der Waals surface area contributed by atoms with Crippen LogP contribution in [0, 0.1) is 11.3 Å². The van der Waals surface area contributed by atoms with E-state index in [1.165, 1.54) is 0 Å². The number of aliphatic carboxylic acids is 1. The molecule has 0 radical (unpaired) electrons. The van der Waals surface area contributed by atoms with Crippen LogP contribution in [0.2, 0.25) is 0 Å². The van der Waals surface area contributed by atoms with E-state index in [-0.39, 0.29) is 6.61 Å². The number of ether oxygens (including phenoxy) is 1. The second-order valence-electron chi connectivity index (χ2n) is 3.21. The predicted octanol–water partition coefficient (Wildman–Crippen LogP) is 0.270. The Bertz CT molecular complexity index is 206. The molecule has 1 aliphatic rings. The summed E-state index contributed by atoms with van der Waals surface area (Å²) < 4.78 is 4.62. The van der Waals surface area contributed by atoms with Crippen molar-refractivity contribution in [2.45, 2.75) is 13.8 Å². The Balaban J connectivity index is 2.87. The first-order chi connectivity index (χ1) is 4.96. The van der Waals surface area contributed by atoms with Crippen molar-refractivity contribution in [2.24, 2.45) is 11.3 Å². The summed E-state index contributed by atoms with van der Waals surface area (Å²) >= 11 is 0. The molecule has 1 heterocycles. The molecule has 0 amide bonds. The van der Waals surface area contributed by atoms with Gasteiger partial charge in [0.1, 0.15) is 12.5 Å². The zero-order chi connectivity index (χ0) is 8.65. The van der Waals surface area contributed by atoms with E-state index in [9.17, 15) is 9.59 Å². The third kappa shape index (κ3) is 1.08. The standard InChI is InChI=1S/C7H10O4/c1-7(2)4(5(8)9)3-11-6(7)10/h4H,3H2,1-2H3,(H,8,9)/t4-/m1/s1. The fourth-order valence-electron chi connectivity index (χ4n) is 1.08. The molecule has 1 atom stereocenters. The third-order valence-corrected chi connectivity index (χ3v) is 2.08. The zero-order valence-corrected chi connectivity index (χ0v) is 6.46. The Hall–Kier alpha value is -1.06. The molecule has 0 bridgehead atoms. The number of hydrogen-bond acceptors (Lipinski definition) is 3. The van der Waals surface area contributed by atoms with Crippen LogP contribution in [0.1, 0.15) is 13.8 Å². The highest BCUT2D eigenvalue weighted by Crippen LogP contribution is 2.34. The van der Waals surface area contributed by atoms with Gasteiger partial charge in [-0.2, -0.15) is 0 Å². The fourth-order valence-corrected chi connectivity index (χ4v) is 1.08. The van der Waals surface area contributed by atoms with Gasteiger partial charge in [-0.05, 0) is 13.8 Å². The minimum absolute atomic E-state index is 0.00116. The molecule has 4 heteroatoms. The van der Waals surface area contributed by atoms with Gasteiger partial charge in [-0.25, -0.2) is 0 Å². The normalized spacial score (nSPS) is 28.2. The maximum absolute atomic E-state index is 10.9. The molecular weight excluding hydrogens is 148 g/mol. The zero-order valence-electron chi connectivity index (χ0n) is 6.46. The van der Waals surface area contributed by atoms with Crippen LogP contribution in [0.15, 0.2) is 0 Å². The summed E-state index contributed by atoms with van der Waals surface area (Å²) in [6.45, 7) is 3.17. The predicted molar refractivity (Wildman–Crippen MR) is 35.9 cm³/mol. The van der Waals surface area contributed by atoms with Gasteiger partial charge >= 0.3 is 11.9 Å². The van der Waals surface area contributed by atoms with Gasteiger partial charge in [-0.15, -0.1) is 0 Å². The van der Waals surface area contributed by atoms with Crippen molar-refractivity contribution in [1.82, 2.24) is 0 Å². The summed E-state index contributed by atoms with van der Waals surface area (Å²) in [5.41, 5.74) is -0.869. The Morgan fingerprint density at radius 1 is 1.73 bits per heavy atom. The minimum atomic E-state index is -0.971. The summed E-state index contributed by atoms with van der Waals surface area (Å²) in [7, 11) is 0. The molecule has 0 aromatic heterocycles. The van der Waals surface area contributed by atoms with Gasteiger partial charge < -0.3 is 9.84 Å². The molecule has 0 aromatic rings. The SMILES string of the molecule is CC1(C)C(=O)OC[C@@H]1C(=O)O. The Morgan fingerprint density at radius 3 is 2.45 bits per heavy atom. The van der Waals surface area contributed by atoms with E-state index < -0.39 is 23.3 Å². The smallest absolute Gasteiger partial charge is 0.312 e. The summed E-state index contributed by atoms with van der Waals surface area (Å²) in [5, 5.41) is 8.63. The molecule has 0 aliphatic carbocycles. The van der Waals surface area contributed by atoms with Crippen LogP contribution in [0.25, 0.3) is 0 Å². The van der Waals surface area contributed by atoms with Gasteiger partial charge in [0.05, 0.1) is 5.41 Å². The maximum Gasteiger partial charge on any atom is 0.312 e. The van der Waals surface area contributed by atoms with Crippen molar-refractivity contribution < 1.29 is 19.4 Å². The van der Waals surface area contributed by atoms with E-state index >= 15 is 0 Å². The minimum Gasteiger partial charge on any atom is -0.481 e. The second-order valence-corrected chi connectivity index (χ2v) is 3.21. The monoisotopic (exact) mass is 158 g/mol. The first-order valence-electron chi connectivity index (χ1n) is 3.36. The van der Waals surface area contributed by atoms with Crippen LogP contribution < -0.4 is 0 Å². The summed E-state index contributed by atoms with van der Waals surface area (Å²) in [4.78, 5) is 21.5. The topological polar surface area (TPSA) is 63.6 Å². The molecule has 1 rings (SSSR count). The lowest BCUT2D eigenvalue weighted by Gasteiger charge is -2.16. The van der Waals surface area contributed by atoms with Gasteiger partial charge in [0.15, 0.2) is 0 Å². The average Bonchev–Trinajstić information content (AvgIpc) is 2.08. The van der Waals surface area contributed by atoms with Crippen molar-refractivity contribution in [3.8, 4) is 0 Å². The van der Waals surface area contributed by atoms with E-state index in [0.717, 1.165) is 0 Å². The number of carboxylic acid groups (broad SMARTS) is 1. The van der Waals surface area contributed by atoms with Crippen LogP contribution in [0.4, 0.5) is 0 Å². The Labute approximate surface area is 64.2 Å². The highest BCUT2D eigenvalue weighted by molar-refractivity contribution is 5.86. The van der Waals surface area contributed by atoms with Gasteiger partial charge in [0, 0.05) is 0 Å². The molecule has 4 nitrogen and oxygen atoms in total. The molecule has 1 fully saturated rings. The number of carbonyl (C=O) groups is 2. The molecule has 1 saturated heterocycles. The lowest BCUT2D eigenvalue weighted by atomic mass is 9.81. The molecule has 0 aromatic carbocycles. The van der Waals surface area contributed by atoms with Crippen LogP contribution >= 0.6 is 0 Å². The van der Waals surface area contributed by atoms with Crippen molar-refractivity contribution in [3.63, 3.8) is 0 Å². The quantitative estimate of drug-likeness (QED) is 0.556. The van der Waals surface area contributed by atoms with Gasteiger partial charge in [-0.3, -0.25) is 9.59 Å². The van der Waals surface area contributed by atoms with Gasteiger partial charge in [0.25, 0.3) is 0 Å². The number of hydrogen-bond donors (Lipinski definition) is 1. The number of esters is 1. The number of carboxylic acids is 1. The second kappa shape index (κ2) is 2.22. The van der Waals surface area contributed by atoms with E-state index in [4.69, 9.17) is 5.11 Å². The molecule has 1 N–H and O–H groups in total. The van der Waals surface area contributed by atoms with Crippen molar-refractivity contribution in [2.75, 3.05) is 6.61 Å². The first kappa shape index (κ1) is 8.04. The molecule has 0 spiro atoms. The van der Waals surface area contributed by atoms with E-state index in [2.05, 4.69) is 4.74 Å². The van der Waals surface area contributed by atoms with E-state index in [1.807, 2.05) is 0 Å². The van der Waals surface area contributed by atoms with Crippen molar-refractivity contribution in [1.29, 1.82) is 0 Å². The summed E-state index contributed by atoms with van der Waals surface area (Å²) in [6.07, 6.45) is 0. The van der Waals surface area contributed by atoms with Crippen molar-refractivity contribution in [3.05, 3.63) is 0 Å². The lowest BCUT2D eigenvalue weighted by molar-refractivity contribution is -0.149. The maximum atomic E-state index is 10.9. The molecule has 11 heavy (non-hydrogen) atoms. The van der Waals surface area contributed by atoms with Crippen LogP contribution in [0.5, 0.6) is 0 Å². The Kier molecular flexibility index (Phi) is 1.62. The molecule has 0 saturated carbocycles. The number of rotatable bonds is 1. The highest BCUT2D eigenvalue weighted by atomic mass is 16.5. The van der Waals surface area contributed by atoms with Crippen LogP contribution in [-0.2, 0) is 14.3 Å². The summed E-state index contributed by atoms with van der Waals surface area (Å²) in [5.74, 6) is -2.10. The number of cyclic esters (lactones) is 1. The van der Waals surface area contributed by atoms with Crippen molar-refractivity contribution >= 4 is 11.9 Å². The third-order valence-electron chi connectivity index (χ3n) is 2.08. The first-order valence-corrected chi connectivity index (χ1v) is 3.36. The van der Waals surface area contributed by atoms with Crippen LogP contribution in [-0.4, -0.2) is 23.7 Å². The van der Waals surface area contributed by atoms with Gasteiger partial charge in [-0.1, -0.05) is 0 Å². The largest absolute Gasteiger partial charge is 0.481 e.